The molecule has 1 saturated heterocycles. The van der Waals surface area contributed by atoms with Gasteiger partial charge in [-0.25, -0.2) is 4.99 Å². The Bertz CT molecular complexity index is 650. The van der Waals surface area contributed by atoms with Crippen LogP contribution >= 0.6 is 0 Å². The first-order chi connectivity index (χ1) is 11.4. The minimum absolute atomic E-state index is 0.215. The quantitative estimate of drug-likeness (QED) is 0.823. The molecule has 0 radical (unpaired) electrons. The highest BCUT2D eigenvalue weighted by Crippen LogP contribution is 2.47. The third-order valence-electron chi connectivity index (χ3n) is 6.64. The van der Waals surface area contributed by atoms with Gasteiger partial charge in [0.25, 0.3) is 0 Å². The zero-order chi connectivity index (χ0) is 16.9. The molecule has 1 aromatic rings. The van der Waals surface area contributed by atoms with Crippen LogP contribution < -0.4 is 0 Å². The van der Waals surface area contributed by atoms with Crippen LogP contribution in [0, 0.1) is 17.3 Å². The molecule has 3 heteroatoms. The Morgan fingerprint density at radius 1 is 1.12 bits per heavy atom. The number of fused-ring (bicyclic) bond motifs is 2. The summed E-state index contributed by atoms with van der Waals surface area (Å²) in [5, 5.41) is 11.4. The van der Waals surface area contributed by atoms with E-state index in [2.05, 4.69) is 49.9 Å². The Hall–Kier alpha value is -1.35. The number of hydrogen-bond acceptors (Lipinski definition) is 3. The molecule has 4 rings (SSSR count). The van der Waals surface area contributed by atoms with Gasteiger partial charge in [0.2, 0.25) is 0 Å². The highest BCUT2D eigenvalue weighted by molar-refractivity contribution is 5.91. The van der Waals surface area contributed by atoms with Crippen molar-refractivity contribution in [2.24, 2.45) is 22.2 Å². The van der Waals surface area contributed by atoms with Crippen molar-refractivity contribution < 1.29 is 5.11 Å². The number of nitrogens with zero attached hydrogens (tertiary/aromatic N) is 2. The summed E-state index contributed by atoms with van der Waals surface area (Å²) in [5.74, 6) is 2.08. The fourth-order valence-corrected chi connectivity index (χ4v) is 4.98. The van der Waals surface area contributed by atoms with Gasteiger partial charge in [0.05, 0.1) is 11.3 Å². The van der Waals surface area contributed by atoms with Gasteiger partial charge in [-0.2, -0.15) is 0 Å². The molecule has 3 nitrogen and oxygen atoms in total. The summed E-state index contributed by atoms with van der Waals surface area (Å²) in [6.07, 6.45) is 5.17. The van der Waals surface area contributed by atoms with E-state index in [1.807, 2.05) is 0 Å². The lowest BCUT2D eigenvalue weighted by atomic mass is 9.65. The first-order valence-corrected chi connectivity index (χ1v) is 9.51. The molecule has 1 N–H and O–H groups in total. The van der Waals surface area contributed by atoms with Gasteiger partial charge >= 0.3 is 0 Å². The topological polar surface area (TPSA) is 35.8 Å². The lowest BCUT2D eigenvalue weighted by Crippen LogP contribution is -2.47. The van der Waals surface area contributed by atoms with E-state index in [0.29, 0.717) is 5.41 Å². The van der Waals surface area contributed by atoms with Gasteiger partial charge in [-0.05, 0) is 55.1 Å². The fourth-order valence-electron chi connectivity index (χ4n) is 4.98. The average Bonchev–Trinajstić information content (AvgIpc) is 2.95. The number of aliphatic imine (C=N–C) groups is 1. The Morgan fingerprint density at radius 3 is 2.54 bits per heavy atom. The largest absolute Gasteiger partial charge is 0.389 e. The molecule has 1 unspecified atom stereocenters. The monoisotopic (exact) mass is 326 g/mol. The van der Waals surface area contributed by atoms with Crippen LogP contribution in [0.2, 0.25) is 0 Å². The van der Waals surface area contributed by atoms with E-state index >= 15 is 0 Å². The average molecular weight is 326 g/mol. The minimum atomic E-state index is -0.554. The Kier molecular flexibility index (Phi) is 3.76. The number of benzene rings is 1. The number of rotatable bonds is 1. The van der Waals surface area contributed by atoms with Crippen molar-refractivity contribution in [2.75, 3.05) is 6.54 Å². The zero-order valence-corrected chi connectivity index (χ0v) is 15.3. The molecule has 2 fully saturated rings. The van der Waals surface area contributed by atoms with Crippen molar-refractivity contribution in [1.82, 2.24) is 4.90 Å². The molecule has 0 aromatic heterocycles. The maximum Gasteiger partial charge on any atom is 0.111 e. The van der Waals surface area contributed by atoms with Crippen LogP contribution in [0.15, 0.2) is 29.3 Å². The molecule has 1 saturated carbocycles. The standard InChI is InChI=1S/C21H30N2O/c1-20(2,3)16-8-11-21(24,12-9-16)17-10-13-23-14-15-6-4-5-7-18(15)22-19(17)23/h4-7,16-17,24H,8-14H2,1-3H3. The van der Waals surface area contributed by atoms with E-state index in [1.165, 1.54) is 5.56 Å². The van der Waals surface area contributed by atoms with Crippen LogP contribution in [0.5, 0.6) is 0 Å². The highest BCUT2D eigenvalue weighted by atomic mass is 16.3. The van der Waals surface area contributed by atoms with Crippen LogP contribution in [0.1, 0.15) is 58.4 Å². The lowest BCUT2D eigenvalue weighted by molar-refractivity contribution is -0.0497. The number of aliphatic hydroxyl groups is 1. The maximum atomic E-state index is 11.4. The second-order valence-corrected chi connectivity index (χ2v) is 9.11. The van der Waals surface area contributed by atoms with E-state index < -0.39 is 5.60 Å². The molecule has 0 amide bonds. The number of amidine groups is 1. The molecule has 1 aliphatic carbocycles. The van der Waals surface area contributed by atoms with Gasteiger partial charge < -0.3 is 10.0 Å². The molecule has 0 spiro atoms. The lowest BCUT2D eigenvalue weighted by Gasteiger charge is -2.44. The summed E-state index contributed by atoms with van der Waals surface area (Å²) in [7, 11) is 0. The fraction of sp³-hybridized carbons (Fsp3) is 0.667. The van der Waals surface area contributed by atoms with E-state index in [-0.39, 0.29) is 5.92 Å². The van der Waals surface area contributed by atoms with E-state index in [4.69, 9.17) is 4.99 Å². The van der Waals surface area contributed by atoms with Gasteiger partial charge in [-0.15, -0.1) is 0 Å². The minimum Gasteiger partial charge on any atom is -0.389 e. The van der Waals surface area contributed by atoms with Crippen LogP contribution in [0.25, 0.3) is 0 Å². The van der Waals surface area contributed by atoms with Gasteiger partial charge in [0.15, 0.2) is 0 Å². The van der Waals surface area contributed by atoms with Gasteiger partial charge in [0, 0.05) is 19.0 Å². The van der Waals surface area contributed by atoms with Gasteiger partial charge in [-0.1, -0.05) is 39.0 Å². The second-order valence-electron chi connectivity index (χ2n) is 9.11. The van der Waals surface area contributed by atoms with E-state index in [0.717, 1.165) is 62.6 Å². The van der Waals surface area contributed by atoms with Crippen molar-refractivity contribution in [3.05, 3.63) is 29.8 Å². The Morgan fingerprint density at radius 2 is 1.83 bits per heavy atom. The van der Waals surface area contributed by atoms with Crippen LogP contribution in [0.4, 0.5) is 5.69 Å². The van der Waals surface area contributed by atoms with Crippen LogP contribution in [-0.4, -0.2) is 28.0 Å². The highest BCUT2D eigenvalue weighted by Gasteiger charge is 2.48. The SMILES string of the molecule is CC(C)(C)C1CCC(O)(C2CCN3Cc4ccccc4N=C23)CC1. The second kappa shape index (κ2) is 5.59. The molecule has 24 heavy (non-hydrogen) atoms. The predicted molar refractivity (Wildman–Crippen MR) is 98.4 cm³/mol. The molecule has 2 heterocycles. The van der Waals surface area contributed by atoms with Crippen molar-refractivity contribution in [2.45, 2.75) is 65.0 Å². The zero-order valence-electron chi connectivity index (χ0n) is 15.3. The molecule has 1 atom stereocenters. The van der Waals surface area contributed by atoms with Crippen molar-refractivity contribution in [3.63, 3.8) is 0 Å². The molecular formula is C21H30N2O. The van der Waals surface area contributed by atoms with Crippen molar-refractivity contribution >= 4 is 11.5 Å². The van der Waals surface area contributed by atoms with Crippen LogP contribution in [-0.2, 0) is 6.54 Å². The van der Waals surface area contributed by atoms with Gasteiger partial charge in [-0.3, -0.25) is 0 Å². The predicted octanol–water partition coefficient (Wildman–Crippen LogP) is 4.52. The van der Waals surface area contributed by atoms with Crippen molar-refractivity contribution in [3.8, 4) is 0 Å². The molecule has 0 bridgehead atoms. The molecule has 2 aliphatic heterocycles. The van der Waals surface area contributed by atoms with Gasteiger partial charge in [0.1, 0.15) is 5.84 Å². The summed E-state index contributed by atoms with van der Waals surface area (Å²) in [4.78, 5) is 7.35. The number of para-hydroxylation sites is 1. The summed E-state index contributed by atoms with van der Waals surface area (Å²) < 4.78 is 0. The Balaban J connectivity index is 1.56. The summed E-state index contributed by atoms with van der Waals surface area (Å²) >= 11 is 0. The van der Waals surface area contributed by atoms with E-state index in [9.17, 15) is 5.11 Å². The Labute approximate surface area is 145 Å². The third-order valence-corrected chi connectivity index (χ3v) is 6.64. The first kappa shape index (κ1) is 16.1. The molecule has 1 aromatic carbocycles. The van der Waals surface area contributed by atoms with Crippen LogP contribution in [0.3, 0.4) is 0 Å². The summed E-state index contributed by atoms with van der Waals surface area (Å²) in [5.41, 5.74) is 2.21. The number of hydrogen-bond donors (Lipinski definition) is 1. The molecule has 130 valence electrons. The first-order valence-electron chi connectivity index (χ1n) is 9.51. The maximum absolute atomic E-state index is 11.4. The third kappa shape index (κ3) is 2.67. The summed E-state index contributed by atoms with van der Waals surface area (Å²) in [6.45, 7) is 8.99. The molecular weight excluding hydrogens is 296 g/mol. The smallest absolute Gasteiger partial charge is 0.111 e. The normalized spacial score (nSPS) is 33.0. The van der Waals surface area contributed by atoms with Crippen molar-refractivity contribution in [1.29, 1.82) is 0 Å². The molecule has 3 aliphatic rings. The summed E-state index contributed by atoms with van der Waals surface area (Å²) in [6, 6.07) is 8.43. The van der Waals surface area contributed by atoms with E-state index in [1.54, 1.807) is 0 Å².